The number of ether oxygens (including phenoxy) is 1. The van der Waals surface area contributed by atoms with Crippen LogP contribution in [-0.4, -0.2) is 23.7 Å². The highest BCUT2D eigenvalue weighted by Gasteiger charge is 2.15. The van der Waals surface area contributed by atoms with Gasteiger partial charge in [0.1, 0.15) is 11.4 Å². The van der Waals surface area contributed by atoms with Crippen LogP contribution in [0.5, 0.6) is 0 Å². The molecular weight excluding hydrogens is 218 g/mol. The first kappa shape index (κ1) is 13.3. The topological polar surface area (TPSA) is 63.2 Å². The van der Waals surface area contributed by atoms with Crippen LogP contribution in [0, 0.1) is 0 Å². The van der Waals surface area contributed by atoms with E-state index < -0.39 is 11.7 Å². The zero-order valence-corrected chi connectivity index (χ0v) is 10.7. The van der Waals surface area contributed by atoms with Gasteiger partial charge in [-0.3, -0.25) is 0 Å². The maximum absolute atomic E-state index is 11.5. The zero-order valence-electron chi connectivity index (χ0n) is 10.7. The second kappa shape index (κ2) is 5.52. The molecule has 0 saturated carbocycles. The fourth-order valence-electron chi connectivity index (χ4n) is 1.29. The van der Waals surface area contributed by atoms with E-state index in [2.05, 4.69) is 15.6 Å². The molecule has 0 spiro atoms. The standard InChI is InChI=1S/C12H19N3O2/c1-12(2,3)17-11(16)15-8-9-6-5-7-14-10(9)13-4/h5-7H,8H2,1-4H3,(H,13,14)(H,15,16). The number of amides is 1. The zero-order chi connectivity index (χ0) is 12.9. The molecule has 1 heterocycles. The van der Waals surface area contributed by atoms with Crippen molar-refractivity contribution in [2.45, 2.75) is 32.9 Å². The molecule has 0 fully saturated rings. The Hall–Kier alpha value is -1.78. The van der Waals surface area contributed by atoms with Gasteiger partial charge >= 0.3 is 6.09 Å². The average Bonchev–Trinajstić information content (AvgIpc) is 2.24. The fraction of sp³-hybridized carbons (Fsp3) is 0.500. The van der Waals surface area contributed by atoms with Gasteiger partial charge in [-0.25, -0.2) is 9.78 Å². The summed E-state index contributed by atoms with van der Waals surface area (Å²) in [4.78, 5) is 15.6. The van der Waals surface area contributed by atoms with Crippen molar-refractivity contribution in [3.8, 4) is 0 Å². The number of anilines is 1. The summed E-state index contributed by atoms with van der Waals surface area (Å²) in [6, 6.07) is 3.73. The maximum Gasteiger partial charge on any atom is 0.407 e. The number of nitrogens with zero attached hydrogens (tertiary/aromatic N) is 1. The van der Waals surface area contributed by atoms with Crippen molar-refractivity contribution in [2.75, 3.05) is 12.4 Å². The number of hydrogen-bond acceptors (Lipinski definition) is 4. The summed E-state index contributed by atoms with van der Waals surface area (Å²) < 4.78 is 5.14. The SMILES string of the molecule is CNc1ncccc1CNC(=O)OC(C)(C)C. The highest BCUT2D eigenvalue weighted by molar-refractivity contribution is 5.68. The smallest absolute Gasteiger partial charge is 0.407 e. The molecule has 1 aromatic heterocycles. The molecule has 1 aromatic rings. The predicted molar refractivity (Wildman–Crippen MR) is 66.9 cm³/mol. The van der Waals surface area contributed by atoms with Crippen LogP contribution in [-0.2, 0) is 11.3 Å². The molecule has 2 N–H and O–H groups in total. The quantitative estimate of drug-likeness (QED) is 0.845. The second-order valence-electron chi connectivity index (χ2n) is 4.62. The molecule has 0 bridgehead atoms. The van der Waals surface area contributed by atoms with Gasteiger partial charge in [0.25, 0.3) is 0 Å². The number of hydrogen-bond donors (Lipinski definition) is 2. The van der Waals surface area contributed by atoms with Crippen LogP contribution in [0.4, 0.5) is 10.6 Å². The molecular formula is C12H19N3O2. The Morgan fingerprint density at radius 2 is 2.18 bits per heavy atom. The molecule has 0 aromatic carbocycles. The van der Waals surface area contributed by atoms with Crippen LogP contribution < -0.4 is 10.6 Å². The van der Waals surface area contributed by atoms with Gasteiger partial charge in [-0.1, -0.05) is 6.07 Å². The summed E-state index contributed by atoms with van der Waals surface area (Å²) in [6.45, 7) is 5.87. The van der Waals surface area contributed by atoms with Gasteiger partial charge in [-0.15, -0.1) is 0 Å². The van der Waals surface area contributed by atoms with E-state index in [1.807, 2.05) is 32.9 Å². The van der Waals surface area contributed by atoms with E-state index in [0.717, 1.165) is 11.4 Å². The maximum atomic E-state index is 11.5. The molecule has 1 rings (SSSR count). The summed E-state index contributed by atoms with van der Waals surface area (Å²) >= 11 is 0. The number of aromatic nitrogens is 1. The normalized spacial score (nSPS) is 10.8. The van der Waals surface area contributed by atoms with Gasteiger partial charge in [-0.05, 0) is 26.8 Å². The predicted octanol–water partition coefficient (Wildman–Crippen LogP) is 2.15. The van der Waals surface area contributed by atoms with Crippen molar-refractivity contribution < 1.29 is 9.53 Å². The van der Waals surface area contributed by atoms with Crippen LogP contribution in [0.25, 0.3) is 0 Å². The third kappa shape index (κ3) is 4.72. The van der Waals surface area contributed by atoms with Gasteiger partial charge in [-0.2, -0.15) is 0 Å². The first-order chi connectivity index (χ1) is 7.92. The monoisotopic (exact) mass is 237 g/mol. The van der Waals surface area contributed by atoms with E-state index in [0.29, 0.717) is 6.54 Å². The van der Waals surface area contributed by atoms with Crippen LogP contribution in [0.3, 0.4) is 0 Å². The second-order valence-corrected chi connectivity index (χ2v) is 4.62. The Morgan fingerprint density at radius 1 is 1.47 bits per heavy atom. The molecule has 94 valence electrons. The van der Waals surface area contributed by atoms with E-state index in [4.69, 9.17) is 4.74 Å². The van der Waals surface area contributed by atoms with Crippen molar-refractivity contribution in [3.63, 3.8) is 0 Å². The van der Waals surface area contributed by atoms with Crippen molar-refractivity contribution in [3.05, 3.63) is 23.9 Å². The minimum atomic E-state index is -0.481. The van der Waals surface area contributed by atoms with Crippen LogP contribution >= 0.6 is 0 Å². The Morgan fingerprint density at radius 3 is 2.76 bits per heavy atom. The molecule has 0 radical (unpaired) electrons. The molecule has 17 heavy (non-hydrogen) atoms. The van der Waals surface area contributed by atoms with Crippen LogP contribution in [0.2, 0.25) is 0 Å². The summed E-state index contributed by atoms with van der Waals surface area (Å²) in [5.41, 5.74) is 0.436. The highest BCUT2D eigenvalue weighted by Crippen LogP contribution is 2.11. The highest BCUT2D eigenvalue weighted by atomic mass is 16.6. The van der Waals surface area contributed by atoms with Crippen LogP contribution in [0.1, 0.15) is 26.3 Å². The van der Waals surface area contributed by atoms with E-state index >= 15 is 0 Å². The van der Waals surface area contributed by atoms with Gasteiger partial charge < -0.3 is 15.4 Å². The lowest BCUT2D eigenvalue weighted by atomic mass is 10.2. The molecule has 0 atom stereocenters. The minimum absolute atomic E-state index is 0.388. The number of nitrogens with one attached hydrogen (secondary N) is 2. The van der Waals surface area contributed by atoms with E-state index in [1.165, 1.54) is 0 Å². The third-order valence-corrected chi connectivity index (χ3v) is 1.95. The summed E-state index contributed by atoms with van der Waals surface area (Å²) in [5, 5.41) is 5.65. The number of carbonyl (C=O) groups excluding carboxylic acids is 1. The molecule has 5 heteroatoms. The number of rotatable bonds is 3. The first-order valence-electron chi connectivity index (χ1n) is 5.51. The lowest BCUT2D eigenvalue weighted by Gasteiger charge is -2.19. The molecule has 0 aliphatic rings. The Labute approximate surface area is 102 Å². The van der Waals surface area contributed by atoms with Crippen molar-refractivity contribution in [1.29, 1.82) is 0 Å². The minimum Gasteiger partial charge on any atom is -0.444 e. The van der Waals surface area contributed by atoms with Crippen molar-refractivity contribution >= 4 is 11.9 Å². The Balaban J connectivity index is 2.53. The third-order valence-electron chi connectivity index (χ3n) is 1.95. The van der Waals surface area contributed by atoms with Crippen LogP contribution in [0.15, 0.2) is 18.3 Å². The van der Waals surface area contributed by atoms with Gasteiger partial charge in [0, 0.05) is 25.4 Å². The molecule has 0 aliphatic heterocycles. The average molecular weight is 237 g/mol. The molecule has 0 saturated heterocycles. The number of alkyl carbamates (subject to hydrolysis) is 1. The first-order valence-corrected chi connectivity index (χ1v) is 5.51. The largest absolute Gasteiger partial charge is 0.444 e. The summed E-state index contributed by atoms with van der Waals surface area (Å²) in [5.74, 6) is 0.753. The van der Waals surface area contributed by atoms with E-state index in [1.54, 1.807) is 13.2 Å². The Kier molecular flexibility index (Phi) is 4.31. The van der Waals surface area contributed by atoms with Gasteiger partial charge in [0.15, 0.2) is 0 Å². The lowest BCUT2D eigenvalue weighted by Crippen LogP contribution is -2.32. The van der Waals surface area contributed by atoms with Gasteiger partial charge in [0.2, 0.25) is 0 Å². The van der Waals surface area contributed by atoms with E-state index in [-0.39, 0.29) is 0 Å². The Bertz CT molecular complexity index is 386. The molecule has 5 nitrogen and oxygen atoms in total. The molecule has 1 amide bonds. The summed E-state index contributed by atoms with van der Waals surface area (Å²) in [6.07, 6.45) is 1.27. The number of pyridine rings is 1. The molecule has 0 aliphatic carbocycles. The molecule has 0 unspecified atom stereocenters. The number of carbonyl (C=O) groups is 1. The van der Waals surface area contributed by atoms with Crippen molar-refractivity contribution in [2.24, 2.45) is 0 Å². The van der Waals surface area contributed by atoms with Crippen molar-refractivity contribution in [1.82, 2.24) is 10.3 Å². The lowest BCUT2D eigenvalue weighted by molar-refractivity contribution is 0.0523. The fourth-order valence-corrected chi connectivity index (χ4v) is 1.29. The summed E-state index contributed by atoms with van der Waals surface area (Å²) in [7, 11) is 1.79. The van der Waals surface area contributed by atoms with E-state index in [9.17, 15) is 4.79 Å². The van der Waals surface area contributed by atoms with Gasteiger partial charge in [0.05, 0.1) is 0 Å².